The highest BCUT2D eigenvalue weighted by atomic mass is 16.5. The van der Waals surface area contributed by atoms with Crippen LogP contribution in [0.25, 0.3) is 0 Å². The quantitative estimate of drug-likeness (QED) is 0.682. The van der Waals surface area contributed by atoms with E-state index in [1.807, 2.05) is 31.9 Å². The molecule has 90 valence electrons. The summed E-state index contributed by atoms with van der Waals surface area (Å²) < 4.78 is 5.19. The van der Waals surface area contributed by atoms with Crippen LogP contribution in [0.1, 0.15) is 13.8 Å². The SMILES string of the molecule is CC(C)N(C)CC(=O)N1CCOC(C#N)C1. The topological polar surface area (TPSA) is 56.6 Å². The van der Waals surface area contributed by atoms with E-state index in [1.54, 1.807) is 4.90 Å². The third kappa shape index (κ3) is 3.47. The molecule has 0 aromatic heterocycles. The van der Waals surface area contributed by atoms with Crippen molar-refractivity contribution >= 4 is 5.91 Å². The van der Waals surface area contributed by atoms with Crippen molar-refractivity contribution in [2.75, 3.05) is 33.3 Å². The van der Waals surface area contributed by atoms with Gasteiger partial charge in [0.25, 0.3) is 0 Å². The van der Waals surface area contributed by atoms with Crippen LogP contribution in [0.3, 0.4) is 0 Å². The molecule has 1 saturated heterocycles. The van der Waals surface area contributed by atoms with E-state index in [0.29, 0.717) is 32.3 Å². The summed E-state index contributed by atoms with van der Waals surface area (Å²) in [6, 6.07) is 2.38. The van der Waals surface area contributed by atoms with Crippen LogP contribution in [-0.4, -0.2) is 61.1 Å². The van der Waals surface area contributed by atoms with E-state index in [0.717, 1.165) is 0 Å². The predicted octanol–water partition coefficient (Wildman–Crippen LogP) is 0.0776. The molecule has 1 atom stereocenters. The van der Waals surface area contributed by atoms with Gasteiger partial charge >= 0.3 is 0 Å². The molecule has 1 heterocycles. The zero-order chi connectivity index (χ0) is 12.1. The molecule has 0 N–H and O–H groups in total. The fraction of sp³-hybridized carbons (Fsp3) is 0.818. The number of likely N-dealkylation sites (N-methyl/N-ethyl adjacent to an activating group) is 1. The van der Waals surface area contributed by atoms with E-state index in [4.69, 9.17) is 10.00 Å². The van der Waals surface area contributed by atoms with Crippen LogP contribution < -0.4 is 0 Å². The van der Waals surface area contributed by atoms with Gasteiger partial charge in [-0.2, -0.15) is 5.26 Å². The van der Waals surface area contributed by atoms with Crippen LogP contribution in [0.5, 0.6) is 0 Å². The number of carbonyl (C=O) groups excluding carboxylic acids is 1. The van der Waals surface area contributed by atoms with Gasteiger partial charge in [0.1, 0.15) is 0 Å². The van der Waals surface area contributed by atoms with Gasteiger partial charge in [0.05, 0.1) is 25.8 Å². The lowest BCUT2D eigenvalue weighted by Crippen LogP contribution is -2.49. The Kier molecular flexibility index (Phi) is 4.71. The van der Waals surface area contributed by atoms with Crippen LogP contribution in [-0.2, 0) is 9.53 Å². The van der Waals surface area contributed by atoms with Gasteiger partial charge in [0, 0.05) is 12.6 Å². The average molecular weight is 225 g/mol. The molecule has 5 heteroatoms. The van der Waals surface area contributed by atoms with Gasteiger partial charge in [-0.1, -0.05) is 0 Å². The van der Waals surface area contributed by atoms with Crippen LogP contribution in [0.2, 0.25) is 0 Å². The minimum absolute atomic E-state index is 0.0692. The monoisotopic (exact) mass is 225 g/mol. The summed E-state index contributed by atoms with van der Waals surface area (Å²) in [5.74, 6) is 0.0692. The number of ether oxygens (including phenoxy) is 1. The van der Waals surface area contributed by atoms with E-state index in [-0.39, 0.29) is 5.91 Å². The van der Waals surface area contributed by atoms with E-state index in [2.05, 4.69) is 0 Å². The fourth-order valence-electron chi connectivity index (χ4n) is 1.45. The van der Waals surface area contributed by atoms with Crippen molar-refractivity contribution in [3.63, 3.8) is 0 Å². The summed E-state index contributed by atoms with van der Waals surface area (Å²) in [6.45, 7) is 5.92. The summed E-state index contributed by atoms with van der Waals surface area (Å²) in [6.07, 6.45) is -0.470. The Bertz CT molecular complexity index is 285. The molecule has 0 spiro atoms. The third-order valence-electron chi connectivity index (χ3n) is 2.83. The van der Waals surface area contributed by atoms with Gasteiger partial charge in [-0.15, -0.1) is 0 Å². The molecule has 1 unspecified atom stereocenters. The van der Waals surface area contributed by atoms with Crippen molar-refractivity contribution in [2.45, 2.75) is 26.0 Å². The molecule has 1 fully saturated rings. The normalized spacial score (nSPS) is 21.2. The van der Waals surface area contributed by atoms with Gasteiger partial charge in [-0.25, -0.2) is 0 Å². The number of carbonyl (C=O) groups is 1. The highest BCUT2D eigenvalue weighted by Crippen LogP contribution is 2.05. The molecule has 0 aliphatic carbocycles. The van der Waals surface area contributed by atoms with Crippen LogP contribution >= 0.6 is 0 Å². The molecule has 0 radical (unpaired) electrons. The first-order valence-electron chi connectivity index (χ1n) is 5.53. The second-order valence-corrected chi connectivity index (χ2v) is 4.34. The van der Waals surface area contributed by atoms with E-state index in [9.17, 15) is 4.79 Å². The molecule has 5 nitrogen and oxygen atoms in total. The predicted molar refractivity (Wildman–Crippen MR) is 59.7 cm³/mol. The number of amides is 1. The number of rotatable bonds is 3. The third-order valence-corrected chi connectivity index (χ3v) is 2.83. The lowest BCUT2D eigenvalue weighted by Gasteiger charge is -2.31. The maximum absolute atomic E-state index is 11.9. The summed E-state index contributed by atoms with van der Waals surface area (Å²) in [5.41, 5.74) is 0. The van der Waals surface area contributed by atoms with Crippen LogP contribution in [0.15, 0.2) is 0 Å². The first-order chi connectivity index (χ1) is 7.54. The maximum atomic E-state index is 11.9. The highest BCUT2D eigenvalue weighted by Gasteiger charge is 2.24. The molecule has 1 rings (SSSR count). The molecule has 1 aliphatic rings. The van der Waals surface area contributed by atoms with Crippen LogP contribution in [0, 0.1) is 11.3 Å². The summed E-state index contributed by atoms with van der Waals surface area (Å²) in [5, 5.41) is 8.74. The Morgan fingerprint density at radius 3 is 2.94 bits per heavy atom. The Labute approximate surface area is 96.6 Å². The molecule has 1 amide bonds. The summed E-state index contributed by atoms with van der Waals surface area (Å²) in [4.78, 5) is 15.6. The average Bonchev–Trinajstić information content (AvgIpc) is 2.28. The Morgan fingerprint density at radius 1 is 1.69 bits per heavy atom. The maximum Gasteiger partial charge on any atom is 0.236 e. The fourth-order valence-corrected chi connectivity index (χ4v) is 1.45. The van der Waals surface area contributed by atoms with Crippen molar-refractivity contribution < 1.29 is 9.53 Å². The molecule has 0 saturated carbocycles. The highest BCUT2D eigenvalue weighted by molar-refractivity contribution is 5.78. The Balaban J connectivity index is 2.45. The number of morpholine rings is 1. The van der Waals surface area contributed by atoms with Crippen molar-refractivity contribution in [2.24, 2.45) is 0 Å². The summed E-state index contributed by atoms with van der Waals surface area (Å²) >= 11 is 0. The zero-order valence-electron chi connectivity index (χ0n) is 10.1. The second kappa shape index (κ2) is 5.83. The minimum atomic E-state index is -0.470. The van der Waals surface area contributed by atoms with Gasteiger partial charge in [0.2, 0.25) is 5.91 Å². The van der Waals surface area contributed by atoms with Gasteiger partial charge < -0.3 is 9.64 Å². The minimum Gasteiger partial charge on any atom is -0.360 e. The van der Waals surface area contributed by atoms with Crippen molar-refractivity contribution in [1.82, 2.24) is 9.80 Å². The van der Waals surface area contributed by atoms with E-state index in [1.165, 1.54) is 0 Å². The summed E-state index contributed by atoms with van der Waals surface area (Å²) in [7, 11) is 1.92. The molecular formula is C11H19N3O2. The first-order valence-corrected chi connectivity index (χ1v) is 5.53. The largest absolute Gasteiger partial charge is 0.360 e. The Hall–Kier alpha value is -1.12. The van der Waals surface area contributed by atoms with Crippen molar-refractivity contribution in [3.05, 3.63) is 0 Å². The molecule has 0 aromatic rings. The molecule has 0 aromatic carbocycles. The molecular weight excluding hydrogens is 206 g/mol. The second-order valence-electron chi connectivity index (χ2n) is 4.34. The number of hydrogen-bond acceptors (Lipinski definition) is 4. The number of nitriles is 1. The van der Waals surface area contributed by atoms with Crippen LogP contribution in [0.4, 0.5) is 0 Å². The van der Waals surface area contributed by atoms with E-state index >= 15 is 0 Å². The standard InChI is InChI=1S/C11H19N3O2/c1-9(2)13(3)8-11(15)14-4-5-16-10(6-12)7-14/h9-10H,4-5,7-8H2,1-3H3. The first kappa shape index (κ1) is 12.9. The lowest BCUT2D eigenvalue weighted by atomic mass is 10.2. The van der Waals surface area contributed by atoms with Gasteiger partial charge in [0.15, 0.2) is 6.10 Å². The number of hydrogen-bond donors (Lipinski definition) is 0. The van der Waals surface area contributed by atoms with Gasteiger partial charge in [-0.3, -0.25) is 9.69 Å². The number of nitrogens with zero attached hydrogens (tertiary/aromatic N) is 3. The van der Waals surface area contributed by atoms with Crippen molar-refractivity contribution in [1.29, 1.82) is 5.26 Å². The van der Waals surface area contributed by atoms with Gasteiger partial charge in [-0.05, 0) is 20.9 Å². The van der Waals surface area contributed by atoms with E-state index < -0.39 is 6.10 Å². The zero-order valence-corrected chi connectivity index (χ0v) is 10.1. The molecule has 16 heavy (non-hydrogen) atoms. The Morgan fingerprint density at radius 2 is 2.38 bits per heavy atom. The molecule has 1 aliphatic heterocycles. The smallest absolute Gasteiger partial charge is 0.236 e. The lowest BCUT2D eigenvalue weighted by molar-refractivity contribution is -0.138. The molecule has 0 bridgehead atoms. The van der Waals surface area contributed by atoms with Crippen molar-refractivity contribution in [3.8, 4) is 6.07 Å².